The van der Waals surface area contributed by atoms with E-state index in [1.807, 2.05) is 49.3 Å². The van der Waals surface area contributed by atoms with Crippen molar-refractivity contribution in [2.45, 2.75) is 11.3 Å². The lowest BCUT2D eigenvalue weighted by atomic mass is 10.1. The molecule has 2 heterocycles. The van der Waals surface area contributed by atoms with E-state index >= 15 is 0 Å². The Labute approximate surface area is 207 Å². The monoisotopic (exact) mass is 496 g/mol. The summed E-state index contributed by atoms with van der Waals surface area (Å²) in [6.45, 7) is 4.53. The summed E-state index contributed by atoms with van der Waals surface area (Å²) >= 11 is 0. The largest absolute Gasteiger partial charge is 0.379 e. The molecule has 4 rings (SSSR count). The second kappa shape index (κ2) is 11.6. The van der Waals surface area contributed by atoms with E-state index in [1.165, 1.54) is 0 Å². The quantitative estimate of drug-likeness (QED) is 0.414. The summed E-state index contributed by atoms with van der Waals surface area (Å²) < 4.78 is 33.3. The number of benzene rings is 2. The van der Waals surface area contributed by atoms with Crippen molar-refractivity contribution in [3.63, 3.8) is 0 Å². The van der Waals surface area contributed by atoms with Crippen molar-refractivity contribution in [3.8, 4) is 11.3 Å². The Morgan fingerprint density at radius 3 is 2.40 bits per heavy atom. The molecule has 10 heteroatoms. The molecule has 35 heavy (non-hydrogen) atoms. The first kappa shape index (κ1) is 25.1. The van der Waals surface area contributed by atoms with Crippen molar-refractivity contribution in [1.82, 2.24) is 19.6 Å². The van der Waals surface area contributed by atoms with Crippen LogP contribution >= 0.6 is 0 Å². The Balaban J connectivity index is 1.33. The van der Waals surface area contributed by atoms with Crippen LogP contribution in [0.2, 0.25) is 0 Å². The van der Waals surface area contributed by atoms with Gasteiger partial charge < -0.3 is 15.0 Å². The van der Waals surface area contributed by atoms with Crippen LogP contribution in [-0.2, 0) is 14.8 Å². The highest BCUT2D eigenvalue weighted by atomic mass is 32.2. The van der Waals surface area contributed by atoms with Gasteiger partial charge in [0.25, 0.3) is 0 Å². The zero-order valence-electron chi connectivity index (χ0n) is 20.1. The van der Waals surface area contributed by atoms with E-state index in [1.54, 1.807) is 30.5 Å². The predicted octanol–water partition coefficient (Wildman–Crippen LogP) is 2.95. The fourth-order valence-corrected chi connectivity index (χ4v) is 4.85. The van der Waals surface area contributed by atoms with E-state index < -0.39 is 10.0 Å². The summed E-state index contributed by atoms with van der Waals surface area (Å²) in [6.07, 6.45) is 2.45. The van der Waals surface area contributed by atoms with Gasteiger partial charge in [0.2, 0.25) is 16.0 Å². The maximum Gasteiger partial charge on any atom is 0.240 e. The van der Waals surface area contributed by atoms with Gasteiger partial charge in [-0.25, -0.2) is 23.1 Å². The summed E-state index contributed by atoms with van der Waals surface area (Å²) in [7, 11) is 0.441. The van der Waals surface area contributed by atoms with Crippen LogP contribution in [0, 0.1) is 0 Å². The predicted molar refractivity (Wildman–Crippen MR) is 139 cm³/mol. The summed E-state index contributed by atoms with van der Waals surface area (Å²) in [4.78, 5) is 13.4. The smallest absolute Gasteiger partial charge is 0.240 e. The number of aromatic nitrogens is 2. The van der Waals surface area contributed by atoms with Gasteiger partial charge in [0.05, 0.1) is 23.8 Å². The molecule has 1 aliphatic rings. The van der Waals surface area contributed by atoms with Gasteiger partial charge >= 0.3 is 0 Å². The van der Waals surface area contributed by atoms with Crippen molar-refractivity contribution in [3.05, 3.63) is 60.8 Å². The molecule has 1 saturated heterocycles. The number of sulfonamides is 1. The average molecular weight is 497 g/mol. The fourth-order valence-electron chi connectivity index (χ4n) is 3.77. The van der Waals surface area contributed by atoms with Gasteiger partial charge in [0, 0.05) is 56.9 Å². The first-order chi connectivity index (χ1) is 16.9. The minimum absolute atomic E-state index is 0.227. The third kappa shape index (κ3) is 6.98. The van der Waals surface area contributed by atoms with Crippen molar-refractivity contribution < 1.29 is 13.2 Å². The lowest BCUT2D eigenvalue weighted by molar-refractivity contribution is 0.0376. The molecule has 2 aromatic carbocycles. The third-order valence-electron chi connectivity index (χ3n) is 5.80. The molecule has 0 amide bonds. The van der Waals surface area contributed by atoms with E-state index in [2.05, 4.69) is 24.9 Å². The summed E-state index contributed by atoms with van der Waals surface area (Å²) in [5.74, 6) is 0.441. The van der Waals surface area contributed by atoms with Crippen LogP contribution in [0.3, 0.4) is 0 Å². The normalized spacial score (nSPS) is 14.6. The molecule has 1 fully saturated rings. The Hall–Kier alpha value is -3.05. The number of hydrogen-bond donors (Lipinski definition) is 2. The molecule has 1 aliphatic heterocycles. The van der Waals surface area contributed by atoms with Crippen molar-refractivity contribution in [1.29, 1.82) is 0 Å². The fraction of sp³-hybridized carbons (Fsp3) is 0.360. The molecule has 0 saturated carbocycles. The van der Waals surface area contributed by atoms with Gasteiger partial charge in [0.1, 0.15) is 0 Å². The number of morpholine rings is 1. The summed E-state index contributed by atoms with van der Waals surface area (Å²) in [5, 5.41) is 3.15. The molecule has 0 aliphatic carbocycles. The lowest BCUT2D eigenvalue weighted by Crippen LogP contribution is -2.38. The molecular weight excluding hydrogens is 464 g/mol. The second-order valence-electron chi connectivity index (χ2n) is 8.56. The molecule has 3 aromatic rings. The maximum absolute atomic E-state index is 12.6. The van der Waals surface area contributed by atoms with Crippen molar-refractivity contribution in [2.24, 2.45) is 0 Å². The average Bonchev–Trinajstić information content (AvgIpc) is 2.88. The highest BCUT2D eigenvalue weighted by Crippen LogP contribution is 2.23. The Morgan fingerprint density at radius 2 is 1.71 bits per heavy atom. The van der Waals surface area contributed by atoms with Gasteiger partial charge in [-0.15, -0.1) is 0 Å². The minimum atomic E-state index is -3.56. The maximum atomic E-state index is 12.6. The number of nitrogens with zero attached hydrogens (tertiary/aromatic N) is 4. The number of ether oxygens (including phenoxy) is 1. The molecule has 1 aromatic heterocycles. The molecule has 0 spiro atoms. The van der Waals surface area contributed by atoms with Crippen LogP contribution in [0.1, 0.15) is 6.42 Å². The van der Waals surface area contributed by atoms with E-state index in [-0.39, 0.29) is 4.90 Å². The van der Waals surface area contributed by atoms with Gasteiger partial charge in [-0.2, -0.15) is 0 Å². The van der Waals surface area contributed by atoms with Crippen LogP contribution in [0.25, 0.3) is 11.3 Å². The standard InChI is InChI=1S/C25H32N6O3S/c1-30(2)22-8-4-20(5-9-22)24-12-14-26-25(29-24)28-21-6-10-23(11-7-21)35(32,33)27-13-3-15-31-16-18-34-19-17-31/h4-12,14,27H,3,13,15-19H2,1-2H3,(H,26,28,29). The molecule has 2 N–H and O–H groups in total. The molecule has 0 bridgehead atoms. The molecular formula is C25H32N6O3S. The van der Waals surface area contributed by atoms with Crippen LogP contribution in [0.5, 0.6) is 0 Å². The van der Waals surface area contributed by atoms with E-state index in [0.29, 0.717) is 18.2 Å². The third-order valence-corrected chi connectivity index (χ3v) is 7.28. The van der Waals surface area contributed by atoms with Gasteiger partial charge in [0.15, 0.2) is 0 Å². The molecule has 0 radical (unpaired) electrons. The zero-order valence-corrected chi connectivity index (χ0v) is 21.0. The first-order valence-corrected chi connectivity index (χ1v) is 13.2. The molecule has 186 valence electrons. The summed E-state index contributed by atoms with van der Waals surface area (Å²) in [6, 6.07) is 16.6. The topological polar surface area (TPSA) is 99.7 Å². The van der Waals surface area contributed by atoms with Crippen LogP contribution in [-0.4, -0.2) is 76.8 Å². The van der Waals surface area contributed by atoms with Gasteiger partial charge in [-0.1, -0.05) is 12.1 Å². The second-order valence-corrected chi connectivity index (χ2v) is 10.3. The van der Waals surface area contributed by atoms with Crippen LogP contribution in [0.4, 0.5) is 17.3 Å². The number of nitrogens with one attached hydrogen (secondary N) is 2. The van der Waals surface area contributed by atoms with Crippen LogP contribution < -0.4 is 14.9 Å². The first-order valence-electron chi connectivity index (χ1n) is 11.7. The minimum Gasteiger partial charge on any atom is -0.379 e. The number of hydrogen-bond acceptors (Lipinski definition) is 8. The Bertz CT molecular complexity index is 1190. The Morgan fingerprint density at radius 1 is 1.00 bits per heavy atom. The molecule has 0 unspecified atom stereocenters. The zero-order chi connectivity index (χ0) is 24.7. The van der Waals surface area contributed by atoms with Crippen molar-refractivity contribution in [2.75, 3.05) is 63.7 Å². The van der Waals surface area contributed by atoms with Gasteiger partial charge in [-0.3, -0.25) is 4.90 Å². The highest BCUT2D eigenvalue weighted by molar-refractivity contribution is 7.89. The Kier molecular flexibility index (Phi) is 8.29. The van der Waals surface area contributed by atoms with Crippen molar-refractivity contribution >= 4 is 27.3 Å². The summed E-state index contributed by atoms with van der Waals surface area (Å²) in [5.41, 5.74) is 3.61. The number of anilines is 3. The lowest BCUT2D eigenvalue weighted by Gasteiger charge is -2.26. The van der Waals surface area contributed by atoms with Gasteiger partial charge in [-0.05, 0) is 55.4 Å². The molecule has 0 atom stereocenters. The van der Waals surface area contributed by atoms with E-state index in [4.69, 9.17) is 4.74 Å². The molecule has 9 nitrogen and oxygen atoms in total. The number of rotatable bonds is 10. The highest BCUT2D eigenvalue weighted by Gasteiger charge is 2.15. The van der Waals surface area contributed by atoms with Crippen LogP contribution in [0.15, 0.2) is 65.7 Å². The van der Waals surface area contributed by atoms with E-state index in [9.17, 15) is 8.42 Å². The van der Waals surface area contributed by atoms with E-state index in [0.717, 1.165) is 56.2 Å². The SMILES string of the molecule is CN(C)c1ccc(-c2ccnc(Nc3ccc(S(=O)(=O)NCCCN4CCOCC4)cc3)n2)cc1.